The summed E-state index contributed by atoms with van der Waals surface area (Å²) < 4.78 is 15.8. The lowest BCUT2D eigenvalue weighted by Crippen LogP contribution is -2.10. The Kier molecular flexibility index (Phi) is 4.39. The Labute approximate surface area is 129 Å². The number of carbonyl (C=O) groups is 1. The van der Waals surface area contributed by atoms with E-state index >= 15 is 0 Å². The van der Waals surface area contributed by atoms with Gasteiger partial charge in [0.2, 0.25) is 6.29 Å². The predicted octanol–water partition coefficient (Wildman–Crippen LogP) is 3.21. The summed E-state index contributed by atoms with van der Waals surface area (Å²) in [5.41, 5.74) is 1.76. The minimum atomic E-state index is -0.418. The SMILES string of the molecule is COc1ccc(C(=O)O[C@@H]2O[C@@H]2CCc2ccccc2)cc1. The number of hydrogen-bond acceptors (Lipinski definition) is 4. The smallest absolute Gasteiger partial charge is 0.340 e. The van der Waals surface area contributed by atoms with Gasteiger partial charge in [0.1, 0.15) is 11.9 Å². The molecule has 114 valence electrons. The van der Waals surface area contributed by atoms with Crippen LogP contribution in [0.15, 0.2) is 54.6 Å². The molecular formula is C18H18O4. The Hall–Kier alpha value is -2.33. The molecule has 0 radical (unpaired) electrons. The van der Waals surface area contributed by atoms with Crippen molar-refractivity contribution in [1.29, 1.82) is 0 Å². The van der Waals surface area contributed by atoms with Crippen LogP contribution in [0.1, 0.15) is 22.3 Å². The van der Waals surface area contributed by atoms with Gasteiger partial charge in [-0.05, 0) is 42.7 Å². The van der Waals surface area contributed by atoms with E-state index in [1.807, 2.05) is 18.2 Å². The number of epoxide rings is 1. The van der Waals surface area contributed by atoms with Gasteiger partial charge in [-0.25, -0.2) is 4.79 Å². The fourth-order valence-electron chi connectivity index (χ4n) is 2.29. The van der Waals surface area contributed by atoms with Crippen molar-refractivity contribution in [3.8, 4) is 5.75 Å². The molecule has 4 nitrogen and oxygen atoms in total. The lowest BCUT2D eigenvalue weighted by atomic mass is 10.1. The molecule has 1 aliphatic rings. The molecule has 1 saturated heterocycles. The molecule has 1 aliphatic heterocycles. The molecule has 0 spiro atoms. The lowest BCUT2D eigenvalue weighted by Gasteiger charge is -2.03. The molecule has 0 amide bonds. The second-order valence-corrected chi connectivity index (χ2v) is 5.20. The summed E-state index contributed by atoms with van der Waals surface area (Å²) in [4.78, 5) is 12.0. The Balaban J connectivity index is 1.45. The first-order valence-corrected chi connectivity index (χ1v) is 7.30. The first-order valence-electron chi connectivity index (χ1n) is 7.30. The zero-order valence-corrected chi connectivity index (χ0v) is 12.4. The molecule has 22 heavy (non-hydrogen) atoms. The van der Waals surface area contributed by atoms with Crippen molar-refractivity contribution in [2.45, 2.75) is 25.2 Å². The third-order valence-corrected chi connectivity index (χ3v) is 3.65. The maximum Gasteiger partial charge on any atom is 0.340 e. The minimum Gasteiger partial charge on any atom is -0.497 e. The summed E-state index contributed by atoms with van der Waals surface area (Å²) in [7, 11) is 1.59. The molecule has 1 fully saturated rings. The number of ether oxygens (including phenoxy) is 3. The first kappa shape index (κ1) is 14.6. The Morgan fingerprint density at radius 1 is 1.09 bits per heavy atom. The van der Waals surface area contributed by atoms with Gasteiger partial charge in [0.15, 0.2) is 0 Å². The molecule has 0 saturated carbocycles. The monoisotopic (exact) mass is 298 g/mol. The average Bonchev–Trinajstić information content (AvgIpc) is 3.32. The maximum atomic E-state index is 12.0. The quantitative estimate of drug-likeness (QED) is 0.607. The molecule has 0 aromatic heterocycles. The molecule has 0 bridgehead atoms. The average molecular weight is 298 g/mol. The van der Waals surface area contributed by atoms with Gasteiger partial charge in [0.05, 0.1) is 12.7 Å². The largest absolute Gasteiger partial charge is 0.497 e. The van der Waals surface area contributed by atoms with Gasteiger partial charge in [0.25, 0.3) is 0 Å². The van der Waals surface area contributed by atoms with Crippen molar-refractivity contribution in [1.82, 2.24) is 0 Å². The third kappa shape index (κ3) is 3.65. The summed E-state index contributed by atoms with van der Waals surface area (Å²) in [6, 6.07) is 17.0. The van der Waals surface area contributed by atoms with Crippen LogP contribution in [0.25, 0.3) is 0 Å². The molecule has 3 rings (SSSR count). The van der Waals surface area contributed by atoms with Crippen LogP contribution in [0.5, 0.6) is 5.75 Å². The van der Waals surface area contributed by atoms with Crippen LogP contribution in [-0.2, 0) is 15.9 Å². The van der Waals surface area contributed by atoms with Crippen LogP contribution in [0.4, 0.5) is 0 Å². The van der Waals surface area contributed by atoms with Crippen molar-refractivity contribution in [3.05, 3.63) is 65.7 Å². The standard InChI is InChI=1S/C18H18O4/c1-20-15-10-8-14(9-11-15)17(19)22-18-16(21-18)12-7-13-5-3-2-4-6-13/h2-6,8-11,16,18H,7,12H2,1H3/t16-,18+/m1/s1. The van der Waals surface area contributed by atoms with E-state index in [9.17, 15) is 4.79 Å². The zero-order valence-electron chi connectivity index (χ0n) is 12.4. The van der Waals surface area contributed by atoms with Crippen LogP contribution in [0.3, 0.4) is 0 Å². The van der Waals surface area contributed by atoms with Crippen LogP contribution in [-0.4, -0.2) is 25.5 Å². The highest BCUT2D eigenvalue weighted by Gasteiger charge is 2.42. The van der Waals surface area contributed by atoms with Crippen molar-refractivity contribution in [2.24, 2.45) is 0 Å². The van der Waals surface area contributed by atoms with E-state index in [0.29, 0.717) is 11.3 Å². The van der Waals surface area contributed by atoms with Gasteiger partial charge in [-0.3, -0.25) is 0 Å². The second kappa shape index (κ2) is 6.62. The molecule has 4 heteroatoms. The maximum absolute atomic E-state index is 12.0. The highest BCUT2D eigenvalue weighted by Crippen LogP contribution is 2.29. The number of aryl methyl sites for hydroxylation is 1. The van der Waals surface area contributed by atoms with Crippen molar-refractivity contribution >= 4 is 5.97 Å². The van der Waals surface area contributed by atoms with E-state index in [2.05, 4.69) is 12.1 Å². The van der Waals surface area contributed by atoms with Gasteiger partial charge in [-0.2, -0.15) is 0 Å². The van der Waals surface area contributed by atoms with Crippen LogP contribution >= 0.6 is 0 Å². The molecular weight excluding hydrogens is 280 g/mol. The summed E-state index contributed by atoms with van der Waals surface area (Å²) in [6.45, 7) is 0. The molecule has 0 N–H and O–H groups in total. The lowest BCUT2D eigenvalue weighted by molar-refractivity contribution is 0.0297. The number of esters is 1. The van der Waals surface area contributed by atoms with E-state index in [1.54, 1.807) is 31.4 Å². The molecule has 2 atom stereocenters. The topological polar surface area (TPSA) is 48.1 Å². The van der Waals surface area contributed by atoms with Crippen molar-refractivity contribution < 1.29 is 19.0 Å². The highest BCUT2D eigenvalue weighted by atomic mass is 16.8. The van der Waals surface area contributed by atoms with Gasteiger partial charge < -0.3 is 14.2 Å². The van der Waals surface area contributed by atoms with E-state index in [-0.39, 0.29) is 12.1 Å². The summed E-state index contributed by atoms with van der Waals surface area (Å²) >= 11 is 0. The van der Waals surface area contributed by atoms with Crippen molar-refractivity contribution in [3.63, 3.8) is 0 Å². The number of carbonyl (C=O) groups excluding carboxylic acids is 1. The summed E-state index contributed by atoms with van der Waals surface area (Å²) in [5.74, 6) is 0.342. The Morgan fingerprint density at radius 3 is 2.50 bits per heavy atom. The number of hydrogen-bond donors (Lipinski definition) is 0. The highest BCUT2D eigenvalue weighted by molar-refractivity contribution is 5.89. The second-order valence-electron chi connectivity index (χ2n) is 5.20. The molecule has 1 heterocycles. The van der Waals surface area contributed by atoms with E-state index in [0.717, 1.165) is 12.8 Å². The van der Waals surface area contributed by atoms with Gasteiger partial charge in [0, 0.05) is 0 Å². The van der Waals surface area contributed by atoms with Gasteiger partial charge in [-0.1, -0.05) is 30.3 Å². The van der Waals surface area contributed by atoms with Gasteiger partial charge >= 0.3 is 5.97 Å². The predicted molar refractivity (Wildman–Crippen MR) is 81.8 cm³/mol. The number of methoxy groups -OCH3 is 1. The molecule has 2 aromatic carbocycles. The van der Waals surface area contributed by atoms with E-state index < -0.39 is 6.29 Å². The van der Waals surface area contributed by atoms with Crippen LogP contribution < -0.4 is 4.74 Å². The third-order valence-electron chi connectivity index (χ3n) is 3.65. The summed E-state index contributed by atoms with van der Waals surface area (Å²) in [5, 5.41) is 0. The number of benzene rings is 2. The Bertz CT molecular complexity index is 621. The molecule has 2 aromatic rings. The van der Waals surface area contributed by atoms with Crippen LogP contribution in [0, 0.1) is 0 Å². The normalized spacial score (nSPS) is 19.5. The molecule has 0 aliphatic carbocycles. The van der Waals surface area contributed by atoms with Crippen molar-refractivity contribution in [2.75, 3.05) is 7.11 Å². The Morgan fingerprint density at radius 2 is 1.82 bits per heavy atom. The van der Waals surface area contributed by atoms with E-state index in [1.165, 1.54) is 5.56 Å². The fourth-order valence-corrected chi connectivity index (χ4v) is 2.29. The summed E-state index contributed by atoms with van der Waals surface area (Å²) in [6.07, 6.45) is 1.35. The zero-order chi connectivity index (χ0) is 15.4. The van der Waals surface area contributed by atoms with E-state index in [4.69, 9.17) is 14.2 Å². The fraction of sp³-hybridized carbons (Fsp3) is 0.278. The molecule has 0 unspecified atom stereocenters. The van der Waals surface area contributed by atoms with Gasteiger partial charge in [-0.15, -0.1) is 0 Å². The first-order chi connectivity index (χ1) is 10.8. The minimum absolute atomic E-state index is 0.00223. The number of rotatable bonds is 6. The van der Waals surface area contributed by atoms with Crippen LogP contribution in [0.2, 0.25) is 0 Å².